The molecule has 3 fully saturated rings. The van der Waals surface area contributed by atoms with Crippen LogP contribution in [0, 0.1) is 5.92 Å². The molecule has 0 bridgehead atoms. The molecule has 130 valence electrons. The zero-order valence-corrected chi connectivity index (χ0v) is 14.4. The molecule has 5 rings (SSSR count). The van der Waals surface area contributed by atoms with Gasteiger partial charge in [-0.15, -0.1) is 0 Å². The van der Waals surface area contributed by atoms with Crippen LogP contribution in [0.15, 0.2) is 36.5 Å². The quantitative estimate of drug-likeness (QED) is 0.922. The summed E-state index contributed by atoms with van der Waals surface area (Å²) in [6, 6.07) is 11.2. The van der Waals surface area contributed by atoms with E-state index in [0.717, 1.165) is 62.0 Å². The molecule has 5 nitrogen and oxygen atoms in total. The van der Waals surface area contributed by atoms with Crippen LogP contribution in [0.2, 0.25) is 0 Å². The monoisotopic (exact) mass is 336 g/mol. The predicted octanol–water partition coefficient (Wildman–Crippen LogP) is 3.71. The van der Waals surface area contributed by atoms with Gasteiger partial charge in [-0.3, -0.25) is 0 Å². The number of hydrogen-bond acceptors (Lipinski definition) is 5. The van der Waals surface area contributed by atoms with E-state index in [1.807, 2.05) is 18.2 Å². The van der Waals surface area contributed by atoms with Crippen molar-refractivity contribution in [1.29, 1.82) is 0 Å². The molecular weight excluding hydrogens is 312 g/mol. The lowest BCUT2D eigenvalue weighted by Gasteiger charge is -2.26. The predicted molar refractivity (Wildman–Crippen MR) is 98.4 cm³/mol. The van der Waals surface area contributed by atoms with Crippen LogP contribution in [0.4, 0.5) is 17.5 Å². The summed E-state index contributed by atoms with van der Waals surface area (Å²) >= 11 is 0. The molecule has 0 spiro atoms. The number of ether oxygens (including phenoxy) is 1. The van der Waals surface area contributed by atoms with Gasteiger partial charge in [0.05, 0.1) is 0 Å². The van der Waals surface area contributed by atoms with E-state index in [9.17, 15) is 0 Å². The third-order valence-corrected chi connectivity index (χ3v) is 5.77. The minimum atomic E-state index is 0.567. The molecule has 0 radical (unpaired) electrons. The van der Waals surface area contributed by atoms with E-state index in [-0.39, 0.29) is 0 Å². The lowest BCUT2D eigenvalue weighted by Crippen LogP contribution is -2.24. The lowest BCUT2D eigenvalue weighted by molar-refractivity contribution is 0.0853. The summed E-state index contributed by atoms with van der Waals surface area (Å²) < 4.78 is 5.55. The standard InChI is InChI=1S/C20H24N4O/c1-2-7-21-18(3-1)22-19-12-16(14-5-9-25-10-6-14)13-20(23-19)24-8-4-15-11-17(15)24/h1-3,7,12-15,17H,4-6,8-11H2,(H,21,22,23). The van der Waals surface area contributed by atoms with Crippen LogP contribution in [-0.2, 0) is 4.74 Å². The van der Waals surface area contributed by atoms with Gasteiger partial charge in [0.15, 0.2) is 0 Å². The minimum Gasteiger partial charge on any atom is -0.381 e. The molecule has 2 saturated heterocycles. The molecule has 0 aromatic carbocycles. The van der Waals surface area contributed by atoms with E-state index in [1.165, 1.54) is 18.4 Å². The van der Waals surface area contributed by atoms with Crippen molar-refractivity contribution in [3.63, 3.8) is 0 Å². The molecule has 4 heterocycles. The summed E-state index contributed by atoms with van der Waals surface area (Å²) in [5, 5.41) is 3.40. The van der Waals surface area contributed by atoms with Crippen LogP contribution < -0.4 is 10.2 Å². The Morgan fingerprint density at radius 3 is 2.72 bits per heavy atom. The maximum absolute atomic E-state index is 5.55. The highest BCUT2D eigenvalue weighted by Gasteiger charge is 2.47. The van der Waals surface area contributed by atoms with Crippen LogP contribution in [-0.4, -0.2) is 35.8 Å². The number of pyridine rings is 2. The molecule has 2 unspecified atom stereocenters. The first-order valence-corrected chi connectivity index (χ1v) is 9.41. The minimum absolute atomic E-state index is 0.567. The first-order chi connectivity index (χ1) is 12.4. The highest BCUT2D eigenvalue weighted by Crippen LogP contribution is 2.46. The summed E-state index contributed by atoms with van der Waals surface area (Å²) in [4.78, 5) is 11.8. The fourth-order valence-corrected chi connectivity index (χ4v) is 4.26. The molecule has 0 amide bonds. The largest absolute Gasteiger partial charge is 0.381 e. The molecule has 1 aliphatic carbocycles. The molecule has 25 heavy (non-hydrogen) atoms. The average Bonchev–Trinajstić information content (AvgIpc) is 3.32. The van der Waals surface area contributed by atoms with Gasteiger partial charge in [0.25, 0.3) is 0 Å². The van der Waals surface area contributed by atoms with Crippen LogP contribution in [0.3, 0.4) is 0 Å². The second kappa shape index (κ2) is 6.30. The number of nitrogens with zero attached hydrogens (tertiary/aromatic N) is 3. The molecular formula is C20H24N4O. The van der Waals surface area contributed by atoms with Gasteiger partial charge in [-0.2, -0.15) is 0 Å². The molecule has 5 heteroatoms. The van der Waals surface area contributed by atoms with Crippen molar-refractivity contribution >= 4 is 17.5 Å². The Balaban J connectivity index is 1.48. The van der Waals surface area contributed by atoms with Crippen molar-refractivity contribution in [2.24, 2.45) is 5.92 Å². The Morgan fingerprint density at radius 2 is 2.00 bits per heavy atom. The fraction of sp³-hybridized carbons (Fsp3) is 0.500. The number of piperidine rings is 1. The van der Waals surface area contributed by atoms with Crippen molar-refractivity contribution in [3.8, 4) is 0 Å². The first-order valence-electron chi connectivity index (χ1n) is 9.41. The van der Waals surface area contributed by atoms with Crippen molar-refractivity contribution in [2.45, 2.75) is 37.6 Å². The number of fused-ring (bicyclic) bond motifs is 1. The van der Waals surface area contributed by atoms with E-state index in [2.05, 4.69) is 27.3 Å². The van der Waals surface area contributed by atoms with Crippen molar-refractivity contribution in [2.75, 3.05) is 30.0 Å². The van der Waals surface area contributed by atoms with Crippen LogP contribution >= 0.6 is 0 Å². The van der Waals surface area contributed by atoms with Gasteiger partial charge in [-0.05, 0) is 67.3 Å². The second-order valence-electron chi connectivity index (χ2n) is 7.42. The van der Waals surface area contributed by atoms with Gasteiger partial charge in [0.1, 0.15) is 17.5 Å². The van der Waals surface area contributed by atoms with Crippen LogP contribution in [0.5, 0.6) is 0 Å². The molecule has 3 aliphatic rings. The highest BCUT2D eigenvalue weighted by atomic mass is 16.5. The second-order valence-corrected chi connectivity index (χ2v) is 7.42. The molecule has 1 N–H and O–H groups in total. The Kier molecular flexibility index (Phi) is 3.82. The maximum Gasteiger partial charge on any atom is 0.134 e. The van der Waals surface area contributed by atoms with Crippen molar-refractivity contribution in [1.82, 2.24) is 9.97 Å². The number of aromatic nitrogens is 2. The van der Waals surface area contributed by atoms with Gasteiger partial charge in [0.2, 0.25) is 0 Å². The zero-order valence-electron chi connectivity index (χ0n) is 14.4. The van der Waals surface area contributed by atoms with Crippen molar-refractivity contribution < 1.29 is 4.74 Å². The molecule has 2 aromatic rings. The van der Waals surface area contributed by atoms with Crippen LogP contribution in [0.25, 0.3) is 0 Å². The summed E-state index contributed by atoms with van der Waals surface area (Å²) in [5.74, 6) is 4.35. The average molecular weight is 336 g/mol. The molecule has 1 saturated carbocycles. The lowest BCUT2D eigenvalue weighted by atomic mass is 9.92. The Labute approximate surface area is 148 Å². The third kappa shape index (κ3) is 3.09. The van der Waals surface area contributed by atoms with E-state index < -0.39 is 0 Å². The van der Waals surface area contributed by atoms with E-state index in [1.54, 1.807) is 6.20 Å². The van der Waals surface area contributed by atoms with E-state index in [4.69, 9.17) is 9.72 Å². The maximum atomic E-state index is 5.55. The Morgan fingerprint density at radius 1 is 1.08 bits per heavy atom. The van der Waals surface area contributed by atoms with Gasteiger partial charge in [-0.1, -0.05) is 6.07 Å². The number of hydrogen-bond donors (Lipinski definition) is 1. The Hall–Kier alpha value is -2.14. The SMILES string of the molecule is c1ccc(Nc2cc(C3CCOCC3)cc(N3CCC4CC43)n2)nc1. The normalized spacial score (nSPS) is 25.7. The van der Waals surface area contributed by atoms with Crippen LogP contribution in [0.1, 0.15) is 37.2 Å². The smallest absolute Gasteiger partial charge is 0.134 e. The molecule has 2 aliphatic heterocycles. The summed E-state index contributed by atoms with van der Waals surface area (Å²) in [6.07, 6.45) is 6.65. The van der Waals surface area contributed by atoms with Crippen molar-refractivity contribution in [3.05, 3.63) is 42.1 Å². The van der Waals surface area contributed by atoms with E-state index in [0.29, 0.717) is 5.92 Å². The third-order valence-electron chi connectivity index (χ3n) is 5.77. The molecule has 2 aromatic heterocycles. The topological polar surface area (TPSA) is 50.3 Å². The highest BCUT2D eigenvalue weighted by molar-refractivity contribution is 5.59. The first kappa shape index (κ1) is 15.1. The number of anilines is 3. The summed E-state index contributed by atoms with van der Waals surface area (Å²) in [5.41, 5.74) is 1.39. The summed E-state index contributed by atoms with van der Waals surface area (Å²) in [6.45, 7) is 2.86. The Bertz CT molecular complexity index is 745. The zero-order chi connectivity index (χ0) is 16.6. The fourth-order valence-electron chi connectivity index (χ4n) is 4.26. The molecule has 2 atom stereocenters. The van der Waals surface area contributed by atoms with Gasteiger partial charge in [-0.25, -0.2) is 9.97 Å². The van der Waals surface area contributed by atoms with Gasteiger partial charge < -0.3 is 15.0 Å². The van der Waals surface area contributed by atoms with Gasteiger partial charge in [0, 0.05) is 32.0 Å². The van der Waals surface area contributed by atoms with E-state index >= 15 is 0 Å². The van der Waals surface area contributed by atoms with Gasteiger partial charge >= 0.3 is 0 Å². The number of rotatable bonds is 4. The number of nitrogens with one attached hydrogen (secondary N) is 1. The summed E-state index contributed by atoms with van der Waals surface area (Å²) in [7, 11) is 0.